The molecule has 1 aromatic rings. The van der Waals surface area contributed by atoms with E-state index in [1.54, 1.807) is 0 Å². The maximum atomic E-state index is 12.2. The third-order valence-corrected chi connectivity index (χ3v) is 4.83. The SMILES string of the molecule is O=C(NCCc1cccc2c1NCCC2)C1CCCCC1. The summed E-state index contributed by atoms with van der Waals surface area (Å²) in [6, 6.07) is 6.54. The van der Waals surface area contributed by atoms with E-state index in [0.717, 1.165) is 32.4 Å². The third kappa shape index (κ3) is 3.58. The highest BCUT2D eigenvalue weighted by Crippen LogP contribution is 2.26. The Bertz CT molecular complexity index is 492. The second kappa shape index (κ2) is 6.97. The van der Waals surface area contributed by atoms with Crippen LogP contribution in [0.25, 0.3) is 0 Å². The number of carbonyl (C=O) groups excluding carboxylic acids is 1. The lowest BCUT2D eigenvalue weighted by Gasteiger charge is -2.22. The van der Waals surface area contributed by atoms with Gasteiger partial charge >= 0.3 is 0 Å². The summed E-state index contributed by atoms with van der Waals surface area (Å²) in [5, 5.41) is 6.66. The van der Waals surface area contributed by atoms with Crippen molar-refractivity contribution in [2.75, 3.05) is 18.4 Å². The van der Waals surface area contributed by atoms with Gasteiger partial charge in [0.2, 0.25) is 5.91 Å². The van der Waals surface area contributed by atoms with Gasteiger partial charge in [-0.15, -0.1) is 0 Å². The van der Waals surface area contributed by atoms with Gasteiger partial charge in [0.15, 0.2) is 0 Å². The molecule has 2 aliphatic rings. The average molecular weight is 286 g/mol. The fraction of sp³-hybridized carbons (Fsp3) is 0.611. The maximum absolute atomic E-state index is 12.2. The first kappa shape index (κ1) is 14.4. The van der Waals surface area contributed by atoms with Gasteiger partial charge in [-0.3, -0.25) is 4.79 Å². The molecule has 21 heavy (non-hydrogen) atoms. The second-order valence-corrected chi connectivity index (χ2v) is 6.36. The topological polar surface area (TPSA) is 41.1 Å². The minimum Gasteiger partial charge on any atom is -0.385 e. The second-order valence-electron chi connectivity index (χ2n) is 6.36. The number of rotatable bonds is 4. The minimum atomic E-state index is 0.265. The monoisotopic (exact) mass is 286 g/mol. The highest BCUT2D eigenvalue weighted by atomic mass is 16.1. The molecule has 1 aliphatic heterocycles. The Morgan fingerprint density at radius 1 is 1.19 bits per heavy atom. The van der Waals surface area contributed by atoms with Crippen LogP contribution in [0.3, 0.4) is 0 Å². The summed E-state index contributed by atoms with van der Waals surface area (Å²) in [6.45, 7) is 1.83. The predicted octanol–water partition coefficient (Wildman–Crippen LogP) is 3.28. The number of hydrogen-bond acceptors (Lipinski definition) is 2. The number of nitrogens with one attached hydrogen (secondary N) is 2. The number of carbonyl (C=O) groups is 1. The van der Waals surface area contributed by atoms with Gasteiger partial charge in [-0.1, -0.05) is 37.5 Å². The Hall–Kier alpha value is -1.51. The van der Waals surface area contributed by atoms with Crippen molar-refractivity contribution in [3.8, 4) is 0 Å². The molecule has 1 amide bonds. The van der Waals surface area contributed by atoms with E-state index in [9.17, 15) is 4.79 Å². The summed E-state index contributed by atoms with van der Waals surface area (Å²) < 4.78 is 0. The fourth-order valence-corrected chi connectivity index (χ4v) is 3.62. The fourth-order valence-electron chi connectivity index (χ4n) is 3.62. The van der Waals surface area contributed by atoms with Crippen LogP contribution >= 0.6 is 0 Å². The van der Waals surface area contributed by atoms with Crippen molar-refractivity contribution in [1.29, 1.82) is 0 Å². The largest absolute Gasteiger partial charge is 0.385 e. The lowest BCUT2D eigenvalue weighted by molar-refractivity contribution is -0.125. The molecular weight excluding hydrogens is 260 g/mol. The van der Waals surface area contributed by atoms with Gasteiger partial charge < -0.3 is 10.6 Å². The molecule has 3 nitrogen and oxygen atoms in total. The Morgan fingerprint density at radius 3 is 2.90 bits per heavy atom. The van der Waals surface area contributed by atoms with Gasteiger partial charge in [0.25, 0.3) is 0 Å². The summed E-state index contributed by atoms with van der Waals surface area (Å²) in [4.78, 5) is 12.2. The molecule has 1 aliphatic carbocycles. The molecule has 1 aromatic carbocycles. The smallest absolute Gasteiger partial charge is 0.223 e. The van der Waals surface area contributed by atoms with Crippen LogP contribution in [0, 0.1) is 5.92 Å². The van der Waals surface area contributed by atoms with E-state index in [1.165, 1.54) is 48.9 Å². The molecule has 1 saturated carbocycles. The molecule has 0 radical (unpaired) electrons. The van der Waals surface area contributed by atoms with Crippen molar-refractivity contribution in [3.63, 3.8) is 0 Å². The Morgan fingerprint density at radius 2 is 2.05 bits per heavy atom. The molecule has 0 unspecified atom stereocenters. The number of benzene rings is 1. The molecule has 2 N–H and O–H groups in total. The first-order valence-electron chi connectivity index (χ1n) is 8.47. The zero-order valence-corrected chi connectivity index (χ0v) is 12.8. The molecule has 0 saturated heterocycles. The van der Waals surface area contributed by atoms with Crippen LogP contribution in [0.5, 0.6) is 0 Å². The van der Waals surface area contributed by atoms with Crippen molar-refractivity contribution in [3.05, 3.63) is 29.3 Å². The van der Waals surface area contributed by atoms with E-state index in [2.05, 4.69) is 28.8 Å². The molecule has 1 heterocycles. The van der Waals surface area contributed by atoms with Gasteiger partial charge in [-0.05, 0) is 43.2 Å². The van der Waals surface area contributed by atoms with E-state index in [-0.39, 0.29) is 11.8 Å². The predicted molar refractivity (Wildman–Crippen MR) is 86.5 cm³/mol. The molecule has 0 aromatic heterocycles. The van der Waals surface area contributed by atoms with E-state index >= 15 is 0 Å². The number of anilines is 1. The van der Waals surface area contributed by atoms with Crippen LogP contribution in [0.2, 0.25) is 0 Å². The molecule has 3 rings (SSSR count). The molecule has 114 valence electrons. The Balaban J connectivity index is 1.52. The summed E-state index contributed by atoms with van der Waals surface area (Å²) in [6.07, 6.45) is 9.20. The molecule has 0 atom stereocenters. The Labute approximate surface area is 127 Å². The van der Waals surface area contributed by atoms with Gasteiger partial charge in [0.05, 0.1) is 0 Å². The summed E-state index contributed by atoms with van der Waals surface area (Å²) in [5.74, 6) is 0.536. The van der Waals surface area contributed by atoms with Crippen molar-refractivity contribution >= 4 is 11.6 Å². The van der Waals surface area contributed by atoms with Crippen LogP contribution in [-0.4, -0.2) is 19.0 Å². The van der Waals surface area contributed by atoms with Crippen molar-refractivity contribution in [2.45, 2.75) is 51.4 Å². The van der Waals surface area contributed by atoms with Crippen LogP contribution in [0.4, 0.5) is 5.69 Å². The third-order valence-electron chi connectivity index (χ3n) is 4.83. The first-order chi connectivity index (χ1) is 10.3. The van der Waals surface area contributed by atoms with E-state index in [4.69, 9.17) is 0 Å². The zero-order valence-electron chi connectivity index (χ0n) is 12.8. The van der Waals surface area contributed by atoms with Gasteiger partial charge in [0.1, 0.15) is 0 Å². The van der Waals surface area contributed by atoms with Crippen LogP contribution in [0.1, 0.15) is 49.7 Å². The highest BCUT2D eigenvalue weighted by Gasteiger charge is 2.20. The number of aryl methyl sites for hydroxylation is 1. The number of para-hydroxylation sites is 1. The molecule has 1 fully saturated rings. The summed E-state index contributed by atoms with van der Waals surface area (Å²) in [5.41, 5.74) is 4.09. The van der Waals surface area contributed by atoms with E-state index in [1.807, 2.05) is 0 Å². The summed E-state index contributed by atoms with van der Waals surface area (Å²) >= 11 is 0. The minimum absolute atomic E-state index is 0.265. The highest BCUT2D eigenvalue weighted by molar-refractivity contribution is 5.78. The van der Waals surface area contributed by atoms with Crippen molar-refractivity contribution < 1.29 is 4.79 Å². The first-order valence-corrected chi connectivity index (χ1v) is 8.47. The van der Waals surface area contributed by atoms with Gasteiger partial charge in [-0.2, -0.15) is 0 Å². The van der Waals surface area contributed by atoms with Crippen molar-refractivity contribution in [1.82, 2.24) is 5.32 Å². The molecule has 0 bridgehead atoms. The van der Waals surface area contributed by atoms with Crippen LogP contribution < -0.4 is 10.6 Å². The molecule has 3 heteroatoms. The lowest BCUT2D eigenvalue weighted by atomic mass is 9.88. The average Bonchev–Trinajstić information content (AvgIpc) is 2.56. The lowest BCUT2D eigenvalue weighted by Crippen LogP contribution is -2.33. The van der Waals surface area contributed by atoms with E-state index < -0.39 is 0 Å². The van der Waals surface area contributed by atoms with Crippen molar-refractivity contribution in [2.24, 2.45) is 5.92 Å². The number of hydrogen-bond donors (Lipinski definition) is 2. The number of amides is 1. The standard InChI is InChI=1S/C18H26N2O/c21-18(16-6-2-1-3-7-16)20-13-11-15-9-4-8-14-10-5-12-19-17(14)15/h4,8-9,16,19H,1-3,5-7,10-13H2,(H,20,21). The van der Waals surface area contributed by atoms with Crippen LogP contribution in [-0.2, 0) is 17.6 Å². The quantitative estimate of drug-likeness (QED) is 0.892. The zero-order chi connectivity index (χ0) is 14.5. The molecule has 0 spiro atoms. The summed E-state index contributed by atoms with van der Waals surface area (Å²) in [7, 11) is 0. The molecular formula is C18H26N2O. The van der Waals surface area contributed by atoms with E-state index in [0.29, 0.717) is 0 Å². The number of fused-ring (bicyclic) bond motifs is 1. The van der Waals surface area contributed by atoms with Crippen LogP contribution in [0.15, 0.2) is 18.2 Å². The Kier molecular flexibility index (Phi) is 4.79. The van der Waals surface area contributed by atoms with Gasteiger partial charge in [0, 0.05) is 24.7 Å². The maximum Gasteiger partial charge on any atom is 0.223 e. The normalized spacial score (nSPS) is 18.7. The van der Waals surface area contributed by atoms with Gasteiger partial charge in [-0.25, -0.2) is 0 Å².